The monoisotopic (exact) mass is 500 g/mol. The predicted molar refractivity (Wildman–Crippen MR) is 139 cm³/mol. The van der Waals surface area contributed by atoms with Crippen LogP contribution in [0.4, 0.5) is 17.3 Å². The highest BCUT2D eigenvalue weighted by Gasteiger charge is 2.23. The Bertz CT molecular complexity index is 1300. The van der Waals surface area contributed by atoms with Crippen LogP contribution in [0.15, 0.2) is 73.4 Å². The van der Waals surface area contributed by atoms with Crippen molar-refractivity contribution < 1.29 is 19.1 Å². The lowest BCUT2D eigenvalue weighted by Crippen LogP contribution is -2.44. The second-order valence-electron chi connectivity index (χ2n) is 8.56. The number of carbonyl (C=O) groups excluding carboxylic acids is 3. The first kappa shape index (κ1) is 25.4. The molecule has 10 nitrogen and oxygen atoms in total. The van der Waals surface area contributed by atoms with Gasteiger partial charge in [0.05, 0.1) is 11.8 Å². The summed E-state index contributed by atoms with van der Waals surface area (Å²) in [5.41, 5.74) is 7.18. The standard InChI is InChI=1S/C27H28N6O4/c1-2-23(34)33-13-7-12-21(16-33)30-22-15-29-24(25(28)35)26(32-22)31-20-11-6-10-19(14-20)27(36)37-17-18-8-4-3-5-9-18/h2-6,8-11,14-15,21H,1,7,12-13,16-17H2,(H2,28,35)(H2,30,31,32)/t21-/m1/s1. The number of hydrogen-bond acceptors (Lipinski definition) is 8. The number of likely N-dealkylation sites (tertiary alicyclic amines) is 1. The third kappa shape index (κ3) is 6.69. The van der Waals surface area contributed by atoms with Gasteiger partial charge >= 0.3 is 5.97 Å². The van der Waals surface area contributed by atoms with E-state index >= 15 is 0 Å². The van der Waals surface area contributed by atoms with Gasteiger partial charge in [0, 0.05) is 24.8 Å². The highest BCUT2D eigenvalue weighted by atomic mass is 16.5. The van der Waals surface area contributed by atoms with Crippen LogP contribution in [-0.4, -0.2) is 51.8 Å². The molecule has 190 valence electrons. The van der Waals surface area contributed by atoms with E-state index in [1.807, 2.05) is 30.3 Å². The summed E-state index contributed by atoms with van der Waals surface area (Å²) >= 11 is 0. The van der Waals surface area contributed by atoms with Crippen molar-refractivity contribution in [1.29, 1.82) is 0 Å². The smallest absolute Gasteiger partial charge is 0.338 e. The van der Waals surface area contributed by atoms with E-state index in [0.717, 1.165) is 18.4 Å². The molecule has 4 N–H and O–H groups in total. The molecule has 1 aliphatic heterocycles. The molecule has 0 saturated carbocycles. The van der Waals surface area contributed by atoms with Gasteiger partial charge in [0.1, 0.15) is 12.4 Å². The van der Waals surface area contributed by atoms with E-state index in [-0.39, 0.29) is 30.1 Å². The number of esters is 1. The maximum Gasteiger partial charge on any atom is 0.338 e. The number of aromatic nitrogens is 2. The summed E-state index contributed by atoms with van der Waals surface area (Å²) in [5.74, 6) is -0.794. The van der Waals surface area contributed by atoms with E-state index in [0.29, 0.717) is 30.2 Å². The van der Waals surface area contributed by atoms with Gasteiger partial charge in [-0.25, -0.2) is 14.8 Å². The number of ether oxygens (including phenoxy) is 1. The van der Waals surface area contributed by atoms with Crippen LogP contribution in [0.3, 0.4) is 0 Å². The highest BCUT2D eigenvalue weighted by Crippen LogP contribution is 2.22. The van der Waals surface area contributed by atoms with Crippen molar-refractivity contribution in [3.63, 3.8) is 0 Å². The van der Waals surface area contributed by atoms with Gasteiger partial charge in [-0.3, -0.25) is 9.59 Å². The number of nitrogens with zero attached hydrogens (tertiary/aromatic N) is 3. The van der Waals surface area contributed by atoms with Crippen LogP contribution in [0, 0.1) is 0 Å². The first-order chi connectivity index (χ1) is 17.9. The molecule has 1 aromatic heterocycles. The first-order valence-corrected chi connectivity index (χ1v) is 11.9. The van der Waals surface area contributed by atoms with Gasteiger partial charge < -0.3 is 26.0 Å². The van der Waals surface area contributed by atoms with Gasteiger partial charge in [-0.15, -0.1) is 0 Å². The van der Waals surface area contributed by atoms with Crippen molar-refractivity contribution in [2.24, 2.45) is 5.73 Å². The van der Waals surface area contributed by atoms with Gasteiger partial charge in [-0.05, 0) is 42.7 Å². The Labute approximate surface area is 214 Å². The minimum absolute atomic E-state index is 0.0399. The van der Waals surface area contributed by atoms with Crippen LogP contribution in [0.25, 0.3) is 0 Å². The number of carbonyl (C=O) groups is 3. The molecule has 10 heteroatoms. The number of primary amides is 1. The number of nitrogens with one attached hydrogen (secondary N) is 2. The summed E-state index contributed by atoms with van der Waals surface area (Å²) in [6.45, 7) is 4.87. The zero-order valence-corrected chi connectivity index (χ0v) is 20.2. The number of benzene rings is 2. The average molecular weight is 501 g/mol. The molecule has 0 spiro atoms. The number of nitrogens with two attached hydrogens (primary N) is 1. The second kappa shape index (κ2) is 11.8. The molecular formula is C27H28N6O4. The fraction of sp³-hybridized carbons (Fsp3) is 0.222. The maximum absolute atomic E-state index is 12.6. The van der Waals surface area contributed by atoms with E-state index in [2.05, 4.69) is 27.2 Å². The van der Waals surface area contributed by atoms with Crippen LogP contribution in [0.5, 0.6) is 0 Å². The van der Waals surface area contributed by atoms with Crippen LogP contribution in [0.2, 0.25) is 0 Å². The van der Waals surface area contributed by atoms with Crippen LogP contribution >= 0.6 is 0 Å². The molecule has 0 radical (unpaired) electrons. The number of anilines is 3. The Kier molecular flexibility index (Phi) is 8.09. The van der Waals surface area contributed by atoms with Crippen molar-refractivity contribution in [3.8, 4) is 0 Å². The molecular weight excluding hydrogens is 472 g/mol. The third-order valence-corrected chi connectivity index (χ3v) is 5.84. The number of hydrogen-bond donors (Lipinski definition) is 3. The number of rotatable bonds is 9. The summed E-state index contributed by atoms with van der Waals surface area (Å²) in [6, 6.07) is 16.0. The molecule has 1 saturated heterocycles. The van der Waals surface area contributed by atoms with Gasteiger partial charge in [-0.1, -0.05) is 43.0 Å². The predicted octanol–water partition coefficient (Wildman–Crippen LogP) is 3.27. The van der Waals surface area contributed by atoms with Crippen LogP contribution in [-0.2, 0) is 16.1 Å². The van der Waals surface area contributed by atoms with Crippen LogP contribution in [0.1, 0.15) is 39.3 Å². The van der Waals surface area contributed by atoms with Gasteiger partial charge in [-0.2, -0.15) is 0 Å². The SMILES string of the molecule is C=CC(=O)N1CCC[C@@H](Nc2cnc(C(N)=O)c(Nc3cccc(C(=O)OCc4ccccc4)c3)n2)C1. The van der Waals surface area contributed by atoms with Crippen molar-refractivity contribution >= 4 is 35.1 Å². The van der Waals surface area contributed by atoms with Crippen LogP contribution < -0.4 is 16.4 Å². The molecule has 0 bridgehead atoms. The normalized spacial score (nSPS) is 14.9. The fourth-order valence-electron chi connectivity index (χ4n) is 4.03. The second-order valence-corrected chi connectivity index (χ2v) is 8.56. The molecule has 3 aromatic rings. The third-order valence-electron chi connectivity index (χ3n) is 5.84. The number of piperidine rings is 1. The quantitative estimate of drug-likeness (QED) is 0.300. The molecule has 1 fully saturated rings. The summed E-state index contributed by atoms with van der Waals surface area (Å²) in [5, 5.41) is 6.31. The minimum Gasteiger partial charge on any atom is -0.457 e. The van der Waals surface area contributed by atoms with E-state index in [9.17, 15) is 14.4 Å². The minimum atomic E-state index is -0.750. The zero-order valence-electron chi connectivity index (χ0n) is 20.2. The van der Waals surface area contributed by atoms with Gasteiger partial charge in [0.25, 0.3) is 5.91 Å². The topological polar surface area (TPSA) is 140 Å². The molecule has 1 atom stereocenters. The highest BCUT2D eigenvalue weighted by molar-refractivity contribution is 5.97. The Hall–Kier alpha value is -4.73. The molecule has 2 amide bonds. The van der Waals surface area contributed by atoms with Crippen molar-refractivity contribution in [1.82, 2.24) is 14.9 Å². The zero-order chi connectivity index (χ0) is 26.2. The van der Waals surface area contributed by atoms with Gasteiger partial charge in [0.2, 0.25) is 5.91 Å². The maximum atomic E-state index is 12.6. The molecule has 0 aliphatic carbocycles. The van der Waals surface area contributed by atoms with E-state index in [1.165, 1.54) is 12.3 Å². The largest absolute Gasteiger partial charge is 0.457 e. The van der Waals surface area contributed by atoms with E-state index in [1.54, 1.807) is 29.2 Å². The first-order valence-electron chi connectivity index (χ1n) is 11.9. The van der Waals surface area contributed by atoms with Gasteiger partial charge in [0.15, 0.2) is 11.5 Å². The van der Waals surface area contributed by atoms with Crippen molar-refractivity contribution in [2.75, 3.05) is 23.7 Å². The summed E-state index contributed by atoms with van der Waals surface area (Å²) in [6.07, 6.45) is 4.41. The fourth-order valence-corrected chi connectivity index (χ4v) is 4.03. The average Bonchev–Trinajstić information content (AvgIpc) is 2.92. The van der Waals surface area contributed by atoms with E-state index < -0.39 is 11.9 Å². The number of amides is 2. The molecule has 1 aliphatic rings. The Morgan fingerprint density at radius 1 is 1.16 bits per heavy atom. The molecule has 4 rings (SSSR count). The van der Waals surface area contributed by atoms with Crippen molar-refractivity contribution in [2.45, 2.75) is 25.5 Å². The van der Waals surface area contributed by atoms with E-state index in [4.69, 9.17) is 10.5 Å². The van der Waals surface area contributed by atoms with Crippen molar-refractivity contribution in [3.05, 3.63) is 90.3 Å². The Morgan fingerprint density at radius 3 is 2.73 bits per heavy atom. The molecule has 37 heavy (non-hydrogen) atoms. The lowest BCUT2D eigenvalue weighted by atomic mass is 10.1. The summed E-state index contributed by atoms with van der Waals surface area (Å²) in [7, 11) is 0. The lowest BCUT2D eigenvalue weighted by molar-refractivity contribution is -0.127. The Morgan fingerprint density at radius 2 is 1.97 bits per heavy atom. The summed E-state index contributed by atoms with van der Waals surface area (Å²) < 4.78 is 5.41. The Balaban J connectivity index is 1.47. The lowest BCUT2D eigenvalue weighted by Gasteiger charge is -2.32. The summed E-state index contributed by atoms with van der Waals surface area (Å²) in [4.78, 5) is 47.0. The molecule has 2 aromatic carbocycles. The molecule has 2 heterocycles. The molecule has 0 unspecified atom stereocenters.